The van der Waals surface area contributed by atoms with Gasteiger partial charge in [0.1, 0.15) is 0 Å². The van der Waals surface area contributed by atoms with Crippen molar-refractivity contribution in [3.05, 3.63) is 64.0 Å². The van der Waals surface area contributed by atoms with Gasteiger partial charge in [-0.1, -0.05) is 29.8 Å². The minimum Gasteiger partial charge on any atom is -0.398 e. The van der Waals surface area contributed by atoms with Crippen LogP contribution < -0.4 is 5.73 Å². The number of ketones is 1. The number of hydrogen-bond acceptors (Lipinski definition) is 3. The van der Waals surface area contributed by atoms with Crippen LogP contribution in [-0.2, 0) is 6.42 Å². The number of thiophene rings is 1. The Morgan fingerprint density at radius 2 is 2.00 bits per heavy atom. The maximum Gasteiger partial charge on any atom is 0.167 e. The zero-order chi connectivity index (χ0) is 14.1. The summed E-state index contributed by atoms with van der Waals surface area (Å²) in [7, 11) is 0. The Labute approximate surface area is 125 Å². The molecule has 0 atom stereocenters. The highest BCUT2D eigenvalue weighted by molar-refractivity contribution is 7.17. The van der Waals surface area contributed by atoms with E-state index in [0.717, 1.165) is 10.9 Å². The van der Waals surface area contributed by atoms with Gasteiger partial charge in [0.25, 0.3) is 0 Å². The van der Waals surface area contributed by atoms with E-state index >= 15 is 0 Å². The van der Waals surface area contributed by atoms with Crippen molar-refractivity contribution in [2.24, 2.45) is 0 Å². The summed E-state index contributed by atoms with van der Waals surface area (Å²) in [6, 6.07) is 13.1. The van der Waals surface area contributed by atoms with Crippen molar-refractivity contribution < 1.29 is 4.79 Å². The number of fused-ring (bicyclic) bond motifs is 1. The van der Waals surface area contributed by atoms with Crippen molar-refractivity contribution in [1.82, 2.24) is 0 Å². The Bertz CT molecular complexity index is 794. The van der Waals surface area contributed by atoms with E-state index in [1.807, 2.05) is 23.6 Å². The lowest BCUT2D eigenvalue weighted by Gasteiger charge is -2.03. The molecule has 0 saturated heterocycles. The fourth-order valence-electron chi connectivity index (χ4n) is 2.15. The first-order chi connectivity index (χ1) is 9.65. The van der Waals surface area contributed by atoms with E-state index in [2.05, 4.69) is 6.07 Å². The van der Waals surface area contributed by atoms with E-state index in [-0.39, 0.29) is 5.78 Å². The smallest absolute Gasteiger partial charge is 0.167 e. The molecule has 1 aromatic heterocycles. The summed E-state index contributed by atoms with van der Waals surface area (Å²) in [4.78, 5) is 12.3. The first-order valence-corrected chi connectivity index (χ1v) is 7.44. The van der Waals surface area contributed by atoms with Gasteiger partial charge in [-0.25, -0.2) is 0 Å². The Balaban J connectivity index is 1.90. The van der Waals surface area contributed by atoms with Gasteiger partial charge in [-0.05, 0) is 40.6 Å². The maximum absolute atomic E-state index is 12.3. The van der Waals surface area contributed by atoms with Crippen LogP contribution >= 0.6 is 22.9 Å². The predicted octanol–water partition coefficient (Wildman–Crippen LogP) is 4.56. The average molecular weight is 302 g/mol. The molecule has 0 aliphatic heterocycles. The second kappa shape index (κ2) is 5.27. The summed E-state index contributed by atoms with van der Waals surface area (Å²) < 4.78 is 1.20. The molecular weight excluding hydrogens is 290 g/mol. The van der Waals surface area contributed by atoms with Gasteiger partial charge in [0.15, 0.2) is 5.78 Å². The number of carbonyl (C=O) groups excluding carboxylic acids is 1. The van der Waals surface area contributed by atoms with E-state index in [4.69, 9.17) is 17.3 Å². The first-order valence-electron chi connectivity index (χ1n) is 6.18. The van der Waals surface area contributed by atoms with Gasteiger partial charge < -0.3 is 5.73 Å². The molecule has 4 heteroatoms. The molecule has 0 saturated carbocycles. The van der Waals surface area contributed by atoms with Gasteiger partial charge in [0, 0.05) is 16.7 Å². The zero-order valence-electron chi connectivity index (χ0n) is 10.6. The topological polar surface area (TPSA) is 43.1 Å². The molecule has 100 valence electrons. The average Bonchev–Trinajstić information content (AvgIpc) is 2.85. The van der Waals surface area contributed by atoms with Crippen molar-refractivity contribution in [3.8, 4) is 0 Å². The lowest BCUT2D eigenvalue weighted by Crippen LogP contribution is -2.03. The van der Waals surface area contributed by atoms with Crippen LogP contribution in [0.15, 0.2) is 47.8 Å². The molecule has 0 spiro atoms. The van der Waals surface area contributed by atoms with Crippen LogP contribution in [0.3, 0.4) is 0 Å². The van der Waals surface area contributed by atoms with Crippen LogP contribution in [0, 0.1) is 0 Å². The van der Waals surface area contributed by atoms with Gasteiger partial charge in [-0.3, -0.25) is 4.79 Å². The molecule has 3 rings (SSSR count). The van der Waals surface area contributed by atoms with Gasteiger partial charge in [-0.15, -0.1) is 11.3 Å². The van der Waals surface area contributed by atoms with Gasteiger partial charge in [0.2, 0.25) is 0 Å². The molecule has 0 radical (unpaired) electrons. The highest BCUT2D eigenvalue weighted by Crippen LogP contribution is 2.27. The van der Waals surface area contributed by atoms with Crippen molar-refractivity contribution in [1.29, 1.82) is 0 Å². The summed E-state index contributed by atoms with van der Waals surface area (Å²) in [6.07, 6.45) is 0.379. The molecule has 0 amide bonds. The number of Topliss-reactive ketones (excluding diaryl/α,β-unsaturated/α-hetero) is 1. The third kappa shape index (κ3) is 2.42. The van der Waals surface area contributed by atoms with Crippen molar-refractivity contribution in [2.45, 2.75) is 6.42 Å². The monoisotopic (exact) mass is 301 g/mol. The number of benzene rings is 2. The molecule has 2 aromatic carbocycles. The molecule has 0 aliphatic carbocycles. The van der Waals surface area contributed by atoms with Crippen LogP contribution in [0.2, 0.25) is 5.02 Å². The van der Waals surface area contributed by atoms with E-state index in [1.54, 1.807) is 29.5 Å². The predicted molar refractivity (Wildman–Crippen MR) is 85.7 cm³/mol. The van der Waals surface area contributed by atoms with Crippen LogP contribution in [0.5, 0.6) is 0 Å². The summed E-state index contributed by atoms with van der Waals surface area (Å²) in [5.41, 5.74) is 7.80. The molecule has 0 unspecified atom stereocenters. The number of hydrogen-bond donors (Lipinski definition) is 1. The van der Waals surface area contributed by atoms with Crippen LogP contribution in [0.4, 0.5) is 5.69 Å². The van der Waals surface area contributed by atoms with Gasteiger partial charge in [-0.2, -0.15) is 0 Å². The number of carbonyl (C=O) groups is 1. The van der Waals surface area contributed by atoms with Crippen molar-refractivity contribution in [3.63, 3.8) is 0 Å². The Morgan fingerprint density at radius 3 is 2.80 bits per heavy atom. The summed E-state index contributed by atoms with van der Waals surface area (Å²) >= 11 is 7.62. The van der Waals surface area contributed by atoms with E-state index in [9.17, 15) is 4.79 Å². The minimum absolute atomic E-state index is 0.0513. The van der Waals surface area contributed by atoms with Crippen molar-refractivity contribution >= 4 is 44.5 Å². The van der Waals surface area contributed by atoms with E-state index in [0.29, 0.717) is 22.7 Å². The largest absolute Gasteiger partial charge is 0.398 e. The minimum atomic E-state index is 0.0513. The Kier molecular flexibility index (Phi) is 3.47. The van der Waals surface area contributed by atoms with E-state index in [1.165, 1.54) is 4.70 Å². The second-order valence-electron chi connectivity index (χ2n) is 4.59. The third-order valence-corrected chi connectivity index (χ3v) is 4.57. The van der Waals surface area contributed by atoms with Gasteiger partial charge >= 0.3 is 0 Å². The Hall–Kier alpha value is -1.84. The van der Waals surface area contributed by atoms with Crippen LogP contribution in [0.25, 0.3) is 10.1 Å². The lowest BCUT2D eigenvalue weighted by molar-refractivity contribution is 0.0993. The number of nitrogens with two attached hydrogens (primary N) is 1. The molecule has 1 heterocycles. The summed E-state index contributed by atoms with van der Waals surface area (Å²) in [5, 5.41) is 3.61. The third-order valence-electron chi connectivity index (χ3n) is 3.23. The Morgan fingerprint density at radius 1 is 1.20 bits per heavy atom. The lowest BCUT2D eigenvalue weighted by atomic mass is 10.0. The van der Waals surface area contributed by atoms with Crippen LogP contribution in [0.1, 0.15) is 15.9 Å². The number of rotatable bonds is 3. The number of halogens is 1. The molecule has 0 fully saturated rings. The highest BCUT2D eigenvalue weighted by atomic mass is 35.5. The standard InChI is InChI=1S/C16H12ClNOS/c17-13-7-10(5-6-14(13)18)15(19)8-11-9-20-16-4-2-1-3-12(11)16/h1-7,9H,8,18H2. The normalized spacial score (nSPS) is 10.8. The zero-order valence-corrected chi connectivity index (χ0v) is 12.2. The van der Waals surface area contributed by atoms with Gasteiger partial charge in [0.05, 0.1) is 10.7 Å². The molecule has 0 bridgehead atoms. The second-order valence-corrected chi connectivity index (χ2v) is 5.91. The summed E-state index contributed by atoms with van der Waals surface area (Å²) in [6.45, 7) is 0. The first kappa shape index (κ1) is 13.2. The molecule has 2 N–H and O–H groups in total. The van der Waals surface area contributed by atoms with Crippen molar-refractivity contribution in [2.75, 3.05) is 5.73 Å². The SMILES string of the molecule is Nc1ccc(C(=O)Cc2csc3ccccc23)cc1Cl. The molecule has 3 aromatic rings. The quantitative estimate of drug-likeness (QED) is 0.569. The number of nitrogen functional groups attached to an aromatic ring is 1. The summed E-state index contributed by atoms with van der Waals surface area (Å²) in [5.74, 6) is 0.0513. The maximum atomic E-state index is 12.3. The fraction of sp³-hybridized carbons (Fsp3) is 0.0625. The molecular formula is C16H12ClNOS. The highest BCUT2D eigenvalue weighted by Gasteiger charge is 2.12. The molecule has 20 heavy (non-hydrogen) atoms. The van der Waals surface area contributed by atoms with E-state index < -0.39 is 0 Å². The fourth-order valence-corrected chi connectivity index (χ4v) is 3.29. The van der Waals surface area contributed by atoms with Crippen LogP contribution in [-0.4, -0.2) is 5.78 Å². The number of anilines is 1. The molecule has 0 aliphatic rings. The molecule has 2 nitrogen and oxygen atoms in total.